The molecule has 0 aliphatic carbocycles. The lowest BCUT2D eigenvalue weighted by Crippen LogP contribution is -2.19. The summed E-state index contributed by atoms with van der Waals surface area (Å²) in [7, 11) is 3.09. The maximum absolute atomic E-state index is 12.1. The monoisotopic (exact) mass is 434 g/mol. The van der Waals surface area contributed by atoms with Crippen LogP contribution in [0.2, 0.25) is 0 Å². The highest BCUT2D eigenvalue weighted by Gasteiger charge is 2.08. The Kier molecular flexibility index (Phi) is 7.80. The molecule has 0 radical (unpaired) electrons. The molecule has 0 saturated heterocycles. The predicted octanol–water partition coefficient (Wildman–Crippen LogP) is 3.61. The van der Waals surface area contributed by atoms with Gasteiger partial charge in [0.2, 0.25) is 5.91 Å². The molecule has 0 bridgehead atoms. The van der Waals surface area contributed by atoms with Gasteiger partial charge in [0.15, 0.2) is 11.5 Å². The van der Waals surface area contributed by atoms with E-state index in [1.807, 2.05) is 0 Å². The second-order valence-corrected chi connectivity index (χ2v) is 6.50. The van der Waals surface area contributed by atoms with Crippen molar-refractivity contribution in [2.75, 3.05) is 14.2 Å². The third-order valence-electron chi connectivity index (χ3n) is 4.24. The molecule has 32 heavy (non-hydrogen) atoms. The van der Waals surface area contributed by atoms with Crippen molar-refractivity contribution in [3.05, 3.63) is 83.8 Å². The van der Waals surface area contributed by atoms with Gasteiger partial charge >= 0.3 is 5.97 Å². The molecule has 0 fully saturated rings. The Hall–Kier alpha value is -4.33. The fourth-order valence-corrected chi connectivity index (χ4v) is 2.70. The van der Waals surface area contributed by atoms with Gasteiger partial charge in [-0.2, -0.15) is 5.10 Å². The molecule has 8 nitrogen and oxygen atoms in total. The molecule has 1 aromatic heterocycles. The molecule has 2 aromatic carbocycles. The van der Waals surface area contributed by atoms with Crippen LogP contribution in [-0.4, -0.2) is 32.3 Å². The van der Waals surface area contributed by atoms with Crippen molar-refractivity contribution >= 4 is 24.2 Å². The Morgan fingerprint density at radius 1 is 1.03 bits per heavy atom. The van der Waals surface area contributed by atoms with Gasteiger partial charge in [-0.1, -0.05) is 6.07 Å². The van der Waals surface area contributed by atoms with E-state index in [1.54, 1.807) is 61.7 Å². The summed E-state index contributed by atoms with van der Waals surface area (Å²) in [5.41, 5.74) is 3.97. The van der Waals surface area contributed by atoms with Gasteiger partial charge in [0.1, 0.15) is 11.5 Å². The number of amides is 1. The first kappa shape index (κ1) is 22.4. The molecular weight excluding hydrogens is 412 g/mol. The Labute approximate surface area is 185 Å². The number of nitrogens with zero attached hydrogens (tertiary/aromatic N) is 1. The topological polar surface area (TPSA) is 99.4 Å². The summed E-state index contributed by atoms with van der Waals surface area (Å²) < 4.78 is 20.7. The first-order valence-corrected chi connectivity index (χ1v) is 9.63. The van der Waals surface area contributed by atoms with Gasteiger partial charge in [0, 0.05) is 6.08 Å². The zero-order valence-electron chi connectivity index (χ0n) is 17.6. The molecule has 164 valence electrons. The van der Waals surface area contributed by atoms with E-state index in [9.17, 15) is 9.59 Å². The number of rotatable bonds is 9. The Balaban J connectivity index is 1.48. The largest absolute Gasteiger partial charge is 0.493 e. The number of ether oxygens (including phenoxy) is 3. The molecule has 0 saturated carbocycles. The number of carbonyl (C=O) groups is 2. The zero-order valence-corrected chi connectivity index (χ0v) is 17.6. The van der Waals surface area contributed by atoms with Crippen LogP contribution in [0, 0.1) is 0 Å². The highest BCUT2D eigenvalue weighted by Crippen LogP contribution is 2.27. The summed E-state index contributed by atoms with van der Waals surface area (Å²) in [6.45, 7) is 0. The third kappa shape index (κ3) is 6.60. The number of hydrogen-bond acceptors (Lipinski definition) is 7. The Morgan fingerprint density at radius 2 is 1.81 bits per heavy atom. The van der Waals surface area contributed by atoms with E-state index in [1.165, 1.54) is 31.7 Å². The van der Waals surface area contributed by atoms with Crippen LogP contribution in [0.15, 0.2) is 76.5 Å². The van der Waals surface area contributed by atoms with Crippen LogP contribution < -0.4 is 19.6 Å². The van der Waals surface area contributed by atoms with E-state index < -0.39 is 5.97 Å². The number of benzene rings is 2. The lowest BCUT2D eigenvalue weighted by Gasteiger charge is -2.09. The number of nitrogens with one attached hydrogen (secondary N) is 1. The van der Waals surface area contributed by atoms with Crippen LogP contribution in [0.1, 0.15) is 16.9 Å². The summed E-state index contributed by atoms with van der Waals surface area (Å²) in [5, 5.41) is 3.95. The van der Waals surface area contributed by atoms with Crippen molar-refractivity contribution in [2.45, 2.75) is 6.42 Å². The van der Waals surface area contributed by atoms with Crippen molar-refractivity contribution in [3.8, 4) is 17.2 Å². The normalized spacial score (nSPS) is 10.9. The number of hydrazone groups is 1. The van der Waals surface area contributed by atoms with E-state index in [0.29, 0.717) is 23.0 Å². The van der Waals surface area contributed by atoms with Gasteiger partial charge < -0.3 is 18.6 Å². The second-order valence-electron chi connectivity index (χ2n) is 6.50. The lowest BCUT2D eigenvalue weighted by atomic mass is 10.1. The SMILES string of the molecule is COc1ccc(CC(=O)N/N=C\c2ccc(OC(=O)/C=C/c3ccco3)cc2)cc1OC. The first-order chi connectivity index (χ1) is 15.6. The zero-order chi connectivity index (χ0) is 22.8. The number of hydrogen-bond donors (Lipinski definition) is 1. The van der Waals surface area contributed by atoms with Gasteiger partial charge in [-0.3, -0.25) is 4.79 Å². The second kappa shape index (κ2) is 11.2. The van der Waals surface area contributed by atoms with Crippen molar-refractivity contribution in [1.82, 2.24) is 5.43 Å². The fraction of sp³-hybridized carbons (Fsp3) is 0.125. The standard InChI is InChI=1S/C24H22N2O6/c1-29-21-11-7-18(14-22(21)30-2)15-23(27)26-25-16-17-5-8-20(9-6-17)32-24(28)12-10-19-4-3-13-31-19/h3-14,16H,15H2,1-2H3,(H,26,27)/b12-10+,25-16-. The van der Waals surface area contributed by atoms with Gasteiger partial charge in [0.25, 0.3) is 0 Å². The van der Waals surface area contributed by atoms with Gasteiger partial charge in [-0.15, -0.1) is 0 Å². The molecule has 3 rings (SSSR count). The van der Waals surface area contributed by atoms with E-state index in [0.717, 1.165) is 11.1 Å². The summed E-state index contributed by atoms with van der Waals surface area (Å²) in [5.74, 6) is 1.29. The molecule has 1 N–H and O–H groups in total. The predicted molar refractivity (Wildman–Crippen MR) is 119 cm³/mol. The number of methoxy groups -OCH3 is 2. The molecule has 1 heterocycles. The number of esters is 1. The van der Waals surface area contributed by atoms with Crippen LogP contribution in [0.4, 0.5) is 0 Å². The lowest BCUT2D eigenvalue weighted by molar-refractivity contribution is -0.129. The van der Waals surface area contributed by atoms with Crippen molar-refractivity contribution in [1.29, 1.82) is 0 Å². The van der Waals surface area contributed by atoms with E-state index in [-0.39, 0.29) is 12.3 Å². The Morgan fingerprint density at radius 3 is 2.50 bits per heavy atom. The minimum atomic E-state index is -0.523. The molecule has 1 amide bonds. The fourth-order valence-electron chi connectivity index (χ4n) is 2.70. The van der Waals surface area contributed by atoms with Crippen LogP contribution >= 0.6 is 0 Å². The highest BCUT2D eigenvalue weighted by atomic mass is 16.5. The Bertz CT molecular complexity index is 1100. The number of carbonyl (C=O) groups excluding carboxylic acids is 2. The average molecular weight is 434 g/mol. The third-order valence-corrected chi connectivity index (χ3v) is 4.24. The van der Waals surface area contributed by atoms with Crippen LogP contribution in [0.5, 0.6) is 17.2 Å². The maximum atomic E-state index is 12.1. The first-order valence-electron chi connectivity index (χ1n) is 9.63. The van der Waals surface area contributed by atoms with E-state index in [4.69, 9.17) is 18.6 Å². The van der Waals surface area contributed by atoms with Gasteiger partial charge in [-0.25, -0.2) is 10.2 Å². The van der Waals surface area contributed by atoms with Crippen LogP contribution in [0.25, 0.3) is 6.08 Å². The molecule has 0 aliphatic rings. The van der Waals surface area contributed by atoms with Crippen molar-refractivity contribution in [2.24, 2.45) is 5.10 Å². The molecule has 0 aliphatic heterocycles. The quantitative estimate of drug-likeness (QED) is 0.182. The smallest absolute Gasteiger partial charge is 0.336 e. The van der Waals surface area contributed by atoms with Crippen molar-refractivity contribution < 1.29 is 28.2 Å². The van der Waals surface area contributed by atoms with Gasteiger partial charge in [-0.05, 0) is 65.7 Å². The van der Waals surface area contributed by atoms with E-state index >= 15 is 0 Å². The number of furan rings is 1. The molecule has 0 spiro atoms. The summed E-state index contributed by atoms with van der Waals surface area (Å²) in [6, 6.07) is 15.4. The van der Waals surface area contributed by atoms with Crippen LogP contribution in [0.3, 0.4) is 0 Å². The van der Waals surface area contributed by atoms with Crippen LogP contribution in [-0.2, 0) is 16.0 Å². The van der Waals surface area contributed by atoms with Gasteiger partial charge in [0.05, 0.1) is 33.1 Å². The minimum absolute atomic E-state index is 0.137. The molecule has 8 heteroatoms. The summed E-state index contributed by atoms with van der Waals surface area (Å²) in [6.07, 6.45) is 5.95. The molecule has 0 unspecified atom stereocenters. The minimum Gasteiger partial charge on any atom is -0.493 e. The average Bonchev–Trinajstić information content (AvgIpc) is 3.32. The van der Waals surface area contributed by atoms with Crippen molar-refractivity contribution in [3.63, 3.8) is 0 Å². The maximum Gasteiger partial charge on any atom is 0.336 e. The molecule has 3 aromatic rings. The van der Waals surface area contributed by atoms with E-state index in [2.05, 4.69) is 10.5 Å². The summed E-state index contributed by atoms with van der Waals surface area (Å²) in [4.78, 5) is 23.9. The highest BCUT2D eigenvalue weighted by molar-refractivity contribution is 5.88. The molecular formula is C24H22N2O6. The summed E-state index contributed by atoms with van der Waals surface area (Å²) >= 11 is 0. The molecule has 0 atom stereocenters.